The molecular formula is C10H13N5O. The molecule has 6 heteroatoms. The van der Waals surface area contributed by atoms with Gasteiger partial charge in [-0.2, -0.15) is 5.10 Å². The van der Waals surface area contributed by atoms with Crippen LogP contribution in [0.4, 0.5) is 5.82 Å². The maximum Gasteiger partial charge on any atom is 0.163 e. The monoisotopic (exact) mass is 219 g/mol. The molecule has 1 aliphatic rings. The van der Waals surface area contributed by atoms with Crippen LogP contribution < -0.4 is 5.73 Å². The third-order valence-corrected chi connectivity index (χ3v) is 3.13. The van der Waals surface area contributed by atoms with Gasteiger partial charge in [0.2, 0.25) is 0 Å². The van der Waals surface area contributed by atoms with Crippen molar-refractivity contribution in [1.82, 2.24) is 19.7 Å². The van der Waals surface area contributed by atoms with Crippen LogP contribution >= 0.6 is 0 Å². The van der Waals surface area contributed by atoms with Gasteiger partial charge in [-0.15, -0.1) is 0 Å². The molecule has 3 N–H and O–H groups in total. The minimum Gasteiger partial charge on any atom is -0.393 e. The number of nitrogen functional groups attached to an aromatic ring is 1. The van der Waals surface area contributed by atoms with Crippen LogP contribution in [0.1, 0.15) is 24.6 Å². The van der Waals surface area contributed by atoms with Crippen LogP contribution in [0, 0.1) is 6.92 Å². The number of fused-ring (bicyclic) bond motifs is 1. The Bertz CT molecular complexity index is 543. The number of nitrogens with two attached hydrogens (primary N) is 1. The van der Waals surface area contributed by atoms with Crippen LogP contribution in [0.3, 0.4) is 0 Å². The third kappa shape index (κ3) is 1.19. The first-order chi connectivity index (χ1) is 7.66. The van der Waals surface area contributed by atoms with Gasteiger partial charge in [0, 0.05) is 0 Å². The number of hydrogen-bond acceptors (Lipinski definition) is 5. The van der Waals surface area contributed by atoms with Gasteiger partial charge in [-0.05, 0) is 19.8 Å². The quantitative estimate of drug-likeness (QED) is 0.725. The van der Waals surface area contributed by atoms with Crippen molar-refractivity contribution in [2.75, 3.05) is 5.73 Å². The summed E-state index contributed by atoms with van der Waals surface area (Å²) in [5.41, 5.74) is 7.41. The number of aliphatic hydroxyl groups excluding tert-OH is 1. The highest BCUT2D eigenvalue weighted by molar-refractivity contribution is 5.87. The van der Waals surface area contributed by atoms with E-state index >= 15 is 0 Å². The molecule has 0 spiro atoms. The molecule has 84 valence electrons. The summed E-state index contributed by atoms with van der Waals surface area (Å²) in [4.78, 5) is 8.18. The Morgan fingerprint density at radius 2 is 2.19 bits per heavy atom. The number of aryl methyl sites for hydroxylation is 1. The minimum absolute atomic E-state index is 0.205. The van der Waals surface area contributed by atoms with Gasteiger partial charge < -0.3 is 10.8 Å². The number of aliphatic hydroxyl groups is 1. The minimum atomic E-state index is -0.205. The van der Waals surface area contributed by atoms with E-state index in [1.807, 2.05) is 11.6 Å². The van der Waals surface area contributed by atoms with Crippen LogP contribution in [0.5, 0.6) is 0 Å². The summed E-state index contributed by atoms with van der Waals surface area (Å²) in [6.07, 6.45) is 2.72. The topological polar surface area (TPSA) is 89.8 Å². The summed E-state index contributed by atoms with van der Waals surface area (Å²) in [5, 5.41) is 14.6. The van der Waals surface area contributed by atoms with Crippen LogP contribution in [-0.2, 0) is 0 Å². The molecule has 0 bridgehead atoms. The van der Waals surface area contributed by atoms with Crippen molar-refractivity contribution in [3.63, 3.8) is 0 Å². The molecule has 2 aromatic heterocycles. The van der Waals surface area contributed by atoms with E-state index in [9.17, 15) is 5.11 Å². The lowest BCUT2D eigenvalue weighted by molar-refractivity contribution is 0.0449. The molecule has 16 heavy (non-hydrogen) atoms. The molecule has 0 radical (unpaired) electrons. The Labute approximate surface area is 92.1 Å². The second-order valence-corrected chi connectivity index (χ2v) is 4.27. The Morgan fingerprint density at radius 1 is 1.44 bits per heavy atom. The maximum atomic E-state index is 9.31. The molecule has 1 aliphatic carbocycles. The average Bonchev–Trinajstić information content (AvgIpc) is 2.53. The maximum absolute atomic E-state index is 9.31. The van der Waals surface area contributed by atoms with Crippen molar-refractivity contribution in [3.8, 4) is 0 Å². The van der Waals surface area contributed by atoms with E-state index in [0.29, 0.717) is 5.82 Å². The number of hydrogen-bond donors (Lipinski definition) is 2. The summed E-state index contributed by atoms with van der Waals surface area (Å²) >= 11 is 0. The number of aromatic nitrogens is 4. The summed E-state index contributed by atoms with van der Waals surface area (Å²) in [6, 6.07) is 0.237. The molecule has 0 amide bonds. The fraction of sp³-hybridized carbons (Fsp3) is 0.500. The third-order valence-electron chi connectivity index (χ3n) is 3.13. The molecule has 2 heterocycles. The zero-order chi connectivity index (χ0) is 11.3. The molecule has 0 aromatic carbocycles. The Morgan fingerprint density at radius 3 is 2.88 bits per heavy atom. The van der Waals surface area contributed by atoms with Crippen LogP contribution in [-0.4, -0.2) is 31.0 Å². The first-order valence-electron chi connectivity index (χ1n) is 5.30. The Kier molecular flexibility index (Phi) is 1.88. The van der Waals surface area contributed by atoms with E-state index < -0.39 is 0 Å². The number of rotatable bonds is 1. The van der Waals surface area contributed by atoms with Crippen molar-refractivity contribution in [1.29, 1.82) is 0 Å². The highest BCUT2D eigenvalue weighted by Gasteiger charge is 2.31. The summed E-state index contributed by atoms with van der Waals surface area (Å²) in [7, 11) is 0. The first-order valence-corrected chi connectivity index (χ1v) is 5.30. The van der Waals surface area contributed by atoms with E-state index in [-0.39, 0.29) is 12.1 Å². The molecule has 0 saturated heterocycles. The zero-order valence-electron chi connectivity index (χ0n) is 8.96. The van der Waals surface area contributed by atoms with Crippen LogP contribution in [0.15, 0.2) is 6.33 Å². The predicted octanol–water partition coefficient (Wildman–Crippen LogP) is 0.413. The van der Waals surface area contributed by atoms with Crippen molar-refractivity contribution in [3.05, 3.63) is 12.0 Å². The van der Waals surface area contributed by atoms with E-state index in [2.05, 4.69) is 15.1 Å². The Balaban J connectivity index is 2.16. The first kappa shape index (κ1) is 9.53. The van der Waals surface area contributed by atoms with Gasteiger partial charge in [0.25, 0.3) is 0 Å². The molecule has 0 atom stereocenters. The largest absolute Gasteiger partial charge is 0.393 e. The molecule has 1 saturated carbocycles. The van der Waals surface area contributed by atoms with Gasteiger partial charge >= 0.3 is 0 Å². The lowest BCUT2D eigenvalue weighted by Gasteiger charge is -2.31. The second kappa shape index (κ2) is 3.15. The molecule has 3 rings (SSSR count). The van der Waals surface area contributed by atoms with E-state index in [0.717, 1.165) is 29.6 Å². The molecule has 0 unspecified atom stereocenters. The van der Waals surface area contributed by atoms with Crippen LogP contribution in [0.2, 0.25) is 0 Å². The number of anilines is 1. The van der Waals surface area contributed by atoms with Gasteiger partial charge in [-0.3, -0.25) is 0 Å². The summed E-state index contributed by atoms with van der Waals surface area (Å²) in [5.74, 6) is 0.466. The Hall–Kier alpha value is -1.69. The fourth-order valence-corrected chi connectivity index (χ4v) is 2.18. The van der Waals surface area contributed by atoms with Gasteiger partial charge in [0.1, 0.15) is 12.1 Å². The van der Waals surface area contributed by atoms with Crippen molar-refractivity contribution >= 4 is 16.9 Å². The second-order valence-electron chi connectivity index (χ2n) is 4.27. The fourth-order valence-electron chi connectivity index (χ4n) is 2.18. The van der Waals surface area contributed by atoms with Gasteiger partial charge in [0.15, 0.2) is 5.65 Å². The summed E-state index contributed by atoms with van der Waals surface area (Å²) < 4.78 is 1.86. The lowest BCUT2D eigenvalue weighted by Crippen LogP contribution is -2.31. The molecule has 0 aliphatic heterocycles. The number of nitrogens with zero attached hydrogens (tertiary/aromatic N) is 4. The average molecular weight is 219 g/mol. The van der Waals surface area contributed by atoms with Gasteiger partial charge in [-0.1, -0.05) is 0 Å². The van der Waals surface area contributed by atoms with E-state index in [1.165, 1.54) is 6.33 Å². The van der Waals surface area contributed by atoms with Crippen molar-refractivity contribution < 1.29 is 5.11 Å². The molecule has 6 nitrogen and oxygen atoms in total. The lowest BCUT2D eigenvalue weighted by atomic mass is 9.90. The SMILES string of the molecule is Cc1nn(C2CC(O)C2)c2ncnc(N)c12. The predicted molar refractivity (Wildman–Crippen MR) is 58.8 cm³/mol. The smallest absolute Gasteiger partial charge is 0.163 e. The standard InChI is InChI=1S/C10H13N5O/c1-5-8-9(11)12-4-13-10(8)15(14-5)6-2-7(16)3-6/h4,6-7,16H,2-3H2,1H3,(H2,11,12,13). The normalized spacial score (nSPS) is 24.6. The summed E-state index contributed by atoms with van der Waals surface area (Å²) in [6.45, 7) is 1.90. The molecular weight excluding hydrogens is 206 g/mol. The van der Waals surface area contributed by atoms with Crippen molar-refractivity contribution in [2.24, 2.45) is 0 Å². The molecule has 1 fully saturated rings. The van der Waals surface area contributed by atoms with Crippen LogP contribution in [0.25, 0.3) is 11.0 Å². The molecule has 2 aromatic rings. The highest BCUT2D eigenvalue weighted by Crippen LogP contribution is 2.34. The van der Waals surface area contributed by atoms with E-state index in [4.69, 9.17) is 5.73 Å². The highest BCUT2D eigenvalue weighted by atomic mass is 16.3. The zero-order valence-corrected chi connectivity index (χ0v) is 8.96. The van der Waals surface area contributed by atoms with Crippen molar-refractivity contribution in [2.45, 2.75) is 31.9 Å². The van der Waals surface area contributed by atoms with Gasteiger partial charge in [-0.25, -0.2) is 14.6 Å². The van der Waals surface area contributed by atoms with E-state index in [1.54, 1.807) is 0 Å². The van der Waals surface area contributed by atoms with Gasteiger partial charge in [0.05, 0.1) is 23.2 Å².